The highest BCUT2D eigenvalue weighted by atomic mass is 32.2. The van der Waals surface area contributed by atoms with E-state index in [0.29, 0.717) is 39.5 Å². The number of nitrogens with one attached hydrogen (secondary N) is 2. The van der Waals surface area contributed by atoms with Crippen LogP contribution in [-0.2, 0) is 6.54 Å². The standard InChI is InChI=1S/C42H46N8O5S/c43-36-10-8-34(23-37(36)50(52)53)56-46-41(51)35-9-5-30(22-39(35)55-33-21-28-11-14-44-40(28)45-26-33)48-15-12-42(13-16-48)24-31(25-42)49-19-17-47(18-20-49)27-29-3-1-2-4-38(29)54-32-6-7-32/h1-5,8-11,14,21-23,26,31-32H,6-7,12-13,15-20,24-25,27,43H2,(H,44,45)(H,46,51). The van der Waals surface area contributed by atoms with E-state index in [2.05, 4.69) is 53.7 Å². The first-order chi connectivity index (χ1) is 27.3. The Kier molecular flexibility index (Phi) is 9.94. The molecule has 9 rings (SSSR count). The maximum absolute atomic E-state index is 13.6. The predicted octanol–water partition coefficient (Wildman–Crippen LogP) is 7.39. The second kappa shape index (κ2) is 15.3. The van der Waals surface area contributed by atoms with Crippen molar-refractivity contribution in [1.29, 1.82) is 0 Å². The SMILES string of the molecule is Nc1ccc(SNC(=O)c2ccc(N3CCC4(CC3)CC(N3CCN(Cc5ccccc5OC5CC5)CC3)C4)cc2Oc2cnc3[nH]ccc3c2)cc1[N+](=O)[O-]. The molecule has 3 aromatic carbocycles. The van der Waals surface area contributed by atoms with Crippen LogP contribution in [-0.4, -0.2) is 82.0 Å². The zero-order valence-electron chi connectivity index (χ0n) is 31.2. The number of hydrogen-bond donors (Lipinski definition) is 3. The molecule has 56 heavy (non-hydrogen) atoms. The summed E-state index contributed by atoms with van der Waals surface area (Å²) >= 11 is 0.985. The van der Waals surface area contributed by atoms with Crippen LogP contribution < -0.4 is 24.8 Å². The number of H-pyrrole nitrogens is 1. The zero-order chi connectivity index (χ0) is 38.2. The van der Waals surface area contributed by atoms with Gasteiger partial charge in [0, 0.05) is 91.7 Å². The van der Waals surface area contributed by atoms with Crippen LogP contribution in [0.15, 0.2) is 90.1 Å². The topological polar surface area (TPSA) is 155 Å². The number of nitro groups is 1. The average molecular weight is 775 g/mol. The minimum atomic E-state index is -0.539. The summed E-state index contributed by atoms with van der Waals surface area (Å²) in [4.78, 5) is 40.2. The van der Waals surface area contributed by atoms with Gasteiger partial charge in [-0.15, -0.1) is 0 Å². The first-order valence-corrected chi connectivity index (χ1v) is 20.3. The van der Waals surface area contributed by atoms with Crippen molar-refractivity contribution in [2.45, 2.75) is 62.1 Å². The number of nitrogens with zero attached hydrogens (tertiary/aromatic N) is 5. The zero-order valence-corrected chi connectivity index (χ0v) is 32.0. The molecule has 13 nitrogen and oxygen atoms in total. The first-order valence-electron chi connectivity index (χ1n) is 19.5. The summed E-state index contributed by atoms with van der Waals surface area (Å²) in [6, 6.07) is 23.1. The summed E-state index contributed by atoms with van der Waals surface area (Å²) in [5, 5.41) is 12.3. The molecule has 2 aliphatic heterocycles. The van der Waals surface area contributed by atoms with Gasteiger partial charge in [0.05, 0.1) is 22.8 Å². The Labute approximate surface area is 329 Å². The number of amides is 1. The van der Waals surface area contributed by atoms with Crippen LogP contribution in [0.4, 0.5) is 17.1 Å². The van der Waals surface area contributed by atoms with Gasteiger partial charge in [-0.05, 0) is 98.4 Å². The lowest BCUT2D eigenvalue weighted by Crippen LogP contribution is -2.59. The molecule has 1 amide bonds. The molecule has 4 heterocycles. The molecule has 2 aromatic heterocycles. The number of carbonyl (C=O) groups excluding carboxylic acids is 1. The summed E-state index contributed by atoms with van der Waals surface area (Å²) in [5.41, 5.74) is 9.40. The molecule has 0 radical (unpaired) electrons. The van der Waals surface area contributed by atoms with Gasteiger partial charge in [0.2, 0.25) is 0 Å². The number of nitro benzene ring substituents is 1. The molecule has 290 valence electrons. The van der Waals surface area contributed by atoms with Crippen LogP contribution in [0, 0.1) is 15.5 Å². The van der Waals surface area contributed by atoms with Crippen molar-refractivity contribution < 1.29 is 19.2 Å². The number of piperazine rings is 1. The molecule has 4 N–H and O–H groups in total. The van der Waals surface area contributed by atoms with E-state index in [9.17, 15) is 14.9 Å². The van der Waals surface area contributed by atoms with Crippen molar-refractivity contribution in [3.8, 4) is 17.2 Å². The van der Waals surface area contributed by atoms with Crippen molar-refractivity contribution in [2.24, 2.45) is 5.41 Å². The highest BCUT2D eigenvalue weighted by Crippen LogP contribution is 2.51. The lowest BCUT2D eigenvalue weighted by Gasteiger charge is -2.56. The van der Waals surface area contributed by atoms with Crippen molar-refractivity contribution >= 4 is 46.0 Å². The molecule has 2 saturated heterocycles. The van der Waals surface area contributed by atoms with Gasteiger partial charge in [-0.2, -0.15) is 0 Å². The number of para-hydroxylation sites is 1. The second-order valence-electron chi connectivity index (χ2n) is 15.7. The number of aromatic nitrogens is 2. The van der Waals surface area contributed by atoms with Crippen molar-refractivity contribution in [3.63, 3.8) is 0 Å². The number of benzene rings is 3. The van der Waals surface area contributed by atoms with Crippen molar-refractivity contribution in [2.75, 3.05) is 49.9 Å². The third kappa shape index (κ3) is 7.86. The number of pyridine rings is 1. The van der Waals surface area contributed by atoms with Crippen LogP contribution in [0.1, 0.15) is 54.4 Å². The molecule has 0 bridgehead atoms. The Morgan fingerprint density at radius 2 is 1.79 bits per heavy atom. The summed E-state index contributed by atoms with van der Waals surface area (Å²) in [5.74, 6) is 1.58. The number of anilines is 2. The maximum atomic E-state index is 13.6. The lowest BCUT2D eigenvalue weighted by molar-refractivity contribution is -0.384. The molecular weight excluding hydrogens is 729 g/mol. The summed E-state index contributed by atoms with van der Waals surface area (Å²) in [7, 11) is 0. The van der Waals surface area contributed by atoms with Crippen LogP contribution in [0.25, 0.3) is 11.0 Å². The second-order valence-corrected chi connectivity index (χ2v) is 16.5. The maximum Gasteiger partial charge on any atom is 0.293 e. The van der Waals surface area contributed by atoms with Crippen LogP contribution >= 0.6 is 11.9 Å². The van der Waals surface area contributed by atoms with Gasteiger partial charge in [0.25, 0.3) is 11.6 Å². The van der Waals surface area contributed by atoms with Gasteiger partial charge in [-0.1, -0.05) is 18.2 Å². The minimum absolute atomic E-state index is 0.0624. The van der Waals surface area contributed by atoms with Crippen molar-refractivity contribution in [1.82, 2.24) is 24.5 Å². The third-order valence-corrected chi connectivity index (χ3v) is 12.7. The van der Waals surface area contributed by atoms with Gasteiger partial charge >= 0.3 is 0 Å². The number of aromatic amines is 1. The highest BCUT2D eigenvalue weighted by Gasteiger charge is 2.48. The first kappa shape index (κ1) is 36.3. The fourth-order valence-electron chi connectivity index (χ4n) is 8.48. The number of piperidine rings is 1. The van der Waals surface area contributed by atoms with E-state index in [1.807, 2.05) is 30.5 Å². The van der Waals surface area contributed by atoms with Crippen LogP contribution in [0.5, 0.6) is 17.2 Å². The molecular formula is C42H46N8O5S. The summed E-state index contributed by atoms with van der Waals surface area (Å²) in [6.07, 6.45) is 11.0. The fraction of sp³-hybridized carbons (Fsp3) is 0.381. The third-order valence-electron chi connectivity index (χ3n) is 11.9. The molecule has 4 fully saturated rings. The number of ether oxygens (including phenoxy) is 2. The van der Waals surface area contributed by atoms with E-state index < -0.39 is 10.8 Å². The molecule has 4 aliphatic rings. The van der Waals surface area contributed by atoms with E-state index in [1.54, 1.807) is 18.3 Å². The molecule has 0 unspecified atom stereocenters. The van der Waals surface area contributed by atoms with E-state index >= 15 is 0 Å². The average Bonchev–Trinajstić information content (AvgIpc) is 3.90. The Morgan fingerprint density at radius 1 is 0.982 bits per heavy atom. The van der Waals surface area contributed by atoms with Gasteiger partial charge in [0.15, 0.2) is 0 Å². The quantitative estimate of drug-likeness (QED) is 0.0503. The van der Waals surface area contributed by atoms with Gasteiger partial charge in [0.1, 0.15) is 28.6 Å². The fourth-order valence-corrected chi connectivity index (χ4v) is 9.10. The van der Waals surface area contributed by atoms with E-state index in [4.69, 9.17) is 15.2 Å². The largest absolute Gasteiger partial charge is 0.490 e. The number of nitrogen functional groups attached to an aromatic ring is 1. The van der Waals surface area contributed by atoms with Crippen molar-refractivity contribution in [3.05, 3.63) is 106 Å². The Bertz CT molecular complexity index is 2240. The summed E-state index contributed by atoms with van der Waals surface area (Å²) < 4.78 is 15.4. The monoisotopic (exact) mass is 774 g/mol. The minimum Gasteiger partial charge on any atom is -0.490 e. The number of rotatable bonds is 12. The number of nitrogens with two attached hydrogens (primary N) is 1. The number of fused-ring (bicyclic) bond motifs is 1. The van der Waals surface area contributed by atoms with Gasteiger partial charge in [-0.3, -0.25) is 29.4 Å². The molecule has 1 spiro atoms. The number of hydrogen-bond acceptors (Lipinski definition) is 11. The predicted molar refractivity (Wildman–Crippen MR) is 217 cm³/mol. The number of carbonyl (C=O) groups is 1. The van der Waals surface area contributed by atoms with E-state index in [-0.39, 0.29) is 11.4 Å². The highest BCUT2D eigenvalue weighted by molar-refractivity contribution is 7.98. The molecule has 0 atom stereocenters. The molecule has 2 aliphatic carbocycles. The van der Waals surface area contributed by atoms with Crippen LogP contribution in [0.3, 0.4) is 0 Å². The Balaban J connectivity index is 0.821. The smallest absolute Gasteiger partial charge is 0.293 e. The Hall–Kier alpha value is -5.31. The molecule has 5 aromatic rings. The van der Waals surface area contributed by atoms with Gasteiger partial charge in [-0.25, -0.2) is 4.98 Å². The summed E-state index contributed by atoms with van der Waals surface area (Å²) in [6.45, 7) is 7.25. The lowest BCUT2D eigenvalue weighted by atomic mass is 9.60. The molecule has 14 heteroatoms. The Morgan fingerprint density at radius 3 is 2.57 bits per heavy atom. The van der Waals surface area contributed by atoms with E-state index in [1.165, 1.54) is 43.4 Å². The van der Waals surface area contributed by atoms with Crippen LogP contribution in [0.2, 0.25) is 0 Å². The normalized spacial score (nSPS) is 18.8. The molecule has 2 saturated carbocycles. The van der Waals surface area contributed by atoms with Gasteiger partial charge < -0.3 is 25.1 Å². The van der Waals surface area contributed by atoms with E-state index in [0.717, 1.165) is 93.1 Å².